The van der Waals surface area contributed by atoms with Crippen LogP contribution in [0.2, 0.25) is 0 Å². The molecule has 0 spiro atoms. The summed E-state index contributed by atoms with van der Waals surface area (Å²) < 4.78 is 1.13. The van der Waals surface area contributed by atoms with Gasteiger partial charge in [-0.05, 0) is 53.9 Å². The molecule has 1 aliphatic rings. The average molecular weight is 453 g/mol. The molecule has 0 amide bonds. The molecule has 1 aliphatic heterocycles. The summed E-state index contributed by atoms with van der Waals surface area (Å²) in [4.78, 5) is 11.7. The Morgan fingerprint density at radius 2 is 1.79 bits per heavy atom. The Morgan fingerprint density at radius 1 is 0.931 bits per heavy atom. The van der Waals surface area contributed by atoms with Gasteiger partial charge in [0.15, 0.2) is 0 Å². The minimum absolute atomic E-state index is 0.0721. The number of aliphatic hydroxyl groups is 1. The van der Waals surface area contributed by atoms with E-state index in [0.29, 0.717) is 0 Å². The van der Waals surface area contributed by atoms with Gasteiger partial charge in [-0.15, -0.1) is 0 Å². The molecule has 0 radical (unpaired) electrons. The molecule has 29 heavy (non-hydrogen) atoms. The Hall–Kier alpha value is -2.28. The van der Waals surface area contributed by atoms with E-state index in [1.807, 2.05) is 12.3 Å². The molecule has 2 aromatic heterocycles. The SMILES string of the molecule is OCc1cc(N2CCN(CCc3c[nH]c4ccc(Br)cc34)CC2)c2cc[nH]c2c1. The molecule has 5 nitrogen and oxygen atoms in total. The Balaban J connectivity index is 1.25. The van der Waals surface area contributed by atoms with Crippen molar-refractivity contribution in [2.75, 3.05) is 37.6 Å². The van der Waals surface area contributed by atoms with E-state index < -0.39 is 0 Å². The van der Waals surface area contributed by atoms with Crippen molar-refractivity contribution in [1.29, 1.82) is 0 Å². The third-order valence-corrected chi connectivity index (χ3v) is 6.52. The van der Waals surface area contributed by atoms with E-state index in [-0.39, 0.29) is 6.61 Å². The van der Waals surface area contributed by atoms with Crippen molar-refractivity contribution in [3.8, 4) is 0 Å². The second-order valence-electron chi connectivity index (χ2n) is 7.79. The number of nitrogens with zero attached hydrogens (tertiary/aromatic N) is 2. The van der Waals surface area contributed by atoms with Gasteiger partial charge in [-0.2, -0.15) is 0 Å². The maximum atomic E-state index is 9.61. The summed E-state index contributed by atoms with van der Waals surface area (Å²) in [5.74, 6) is 0. The Bertz CT molecular complexity index is 1140. The molecule has 3 N–H and O–H groups in total. The van der Waals surface area contributed by atoms with E-state index in [1.165, 1.54) is 27.5 Å². The smallest absolute Gasteiger partial charge is 0.0683 e. The van der Waals surface area contributed by atoms with Crippen molar-refractivity contribution >= 4 is 43.4 Å². The quantitative estimate of drug-likeness (QED) is 0.423. The van der Waals surface area contributed by atoms with Crippen molar-refractivity contribution < 1.29 is 5.11 Å². The first-order chi connectivity index (χ1) is 14.2. The highest BCUT2D eigenvalue weighted by molar-refractivity contribution is 9.10. The van der Waals surface area contributed by atoms with E-state index in [4.69, 9.17) is 0 Å². The molecule has 0 saturated carbocycles. The Kier molecular flexibility index (Phi) is 5.08. The summed E-state index contributed by atoms with van der Waals surface area (Å²) in [5, 5.41) is 12.2. The molecule has 0 atom stereocenters. The fourth-order valence-electron chi connectivity index (χ4n) is 4.41. The van der Waals surface area contributed by atoms with Gasteiger partial charge in [-0.1, -0.05) is 15.9 Å². The first-order valence-corrected chi connectivity index (χ1v) is 10.9. The van der Waals surface area contributed by atoms with Gasteiger partial charge in [0.2, 0.25) is 0 Å². The second kappa shape index (κ2) is 7.86. The summed E-state index contributed by atoms with van der Waals surface area (Å²) >= 11 is 3.58. The number of aromatic nitrogens is 2. The van der Waals surface area contributed by atoms with E-state index in [9.17, 15) is 5.11 Å². The van der Waals surface area contributed by atoms with Crippen LogP contribution in [0.4, 0.5) is 5.69 Å². The standard InChI is InChI=1S/C23H25BrN4O/c24-18-1-2-21-20(13-18)17(14-26-21)4-6-27-7-9-28(10-8-27)23-12-16(15-29)11-22-19(23)3-5-25-22/h1-3,5,11-14,25-26,29H,4,6-10,15H2. The number of aliphatic hydroxyl groups excluding tert-OH is 1. The zero-order chi connectivity index (χ0) is 19.8. The van der Waals surface area contributed by atoms with Gasteiger partial charge in [-0.25, -0.2) is 0 Å². The van der Waals surface area contributed by atoms with Gasteiger partial charge in [-0.3, -0.25) is 4.90 Å². The van der Waals surface area contributed by atoms with Crippen LogP contribution < -0.4 is 4.90 Å². The topological polar surface area (TPSA) is 58.3 Å². The van der Waals surface area contributed by atoms with Crippen molar-refractivity contribution in [3.05, 3.63) is 64.4 Å². The summed E-state index contributed by atoms with van der Waals surface area (Å²) in [6.07, 6.45) is 5.18. The number of piperazine rings is 1. The number of H-pyrrole nitrogens is 2. The molecule has 4 aromatic rings. The number of aromatic amines is 2. The number of anilines is 1. The zero-order valence-corrected chi connectivity index (χ0v) is 17.9. The predicted molar refractivity (Wildman–Crippen MR) is 123 cm³/mol. The van der Waals surface area contributed by atoms with Crippen molar-refractivity contribution in [2.24, 2.45) is 0 Å². The van der Waals surface area contributed by atoms with Gasteiger partial charge >= 0.3 is 0 Å². The highest BCUT2D eigenvalue weighted by Crippen LogP contribution is 2.29. The fraction of sp³-hybridized carbons (Fsp3) is 0.304. The van der Waals surface area contributed by atoms with E-state index in [2.05, 4.69) is 72.2 Å². The molecule has 0 unspecified atom stereocenters. The van der Waals surface area contributed by atoms with Crippen LogP contribution in [0.15, 0.2) is 53.3 Å². The average Bonchev–Trinajstić information content (AvgIpc) is 3.38. The van der Waals surface area contributed by atoms with Crippen LogP contribution in [-0.4, -0.2) is 52.7 Å². The molecule has 1 saturated heterocycles. The largest absolute Gasteiger partial charge is 0.392 e. The number of fused-ring (bicyclic) bond motifs is 2. The number of nitrogens with one attached hydrogen (secondary N) is 2. The van der Waals surface area contributed by atoms with Gasteiger partial charge in [0.1, 0.15) is 0 Å². The maximum Gasteiger partial charge on any atom is 0.0683 e. The van der Waals surface area contributed by atoms with Gasteiger partial charge < -0.3 is 20.0 Å². The lowest BCUT2D eigenvalue weighted by molar-refractivity contribution is 0.261. The molecule has 6 heteroatoms. The summed E-state index contributed by atoms with van der Waals surface area (Å²) in [6.45, 7) is 5.28. The second-order valence-corrected chi connectivity index (χ2v) is 8.71. The minimum Gasteiger partial charge on any atom is -0.392 e. The van der Waals surface area contributed by atoms with Crippen LogP contribution in [-0.2, 0) is 13.0 Å². The summed E-state index contributed by atoms with van der Waals surface area (Å²) in [5.41, 5.74) is 5.87. The highest BCUT2D eigenvalue weighted by Gasteiger charge is 2.20. The van der Waals surface area contributed by atoms with Gasteiger partial charge in [0.25, 0.3) is 0 Å². The minimum atomic E-state index is 0.0721. The number of hydrogen-bond donors (Lipinski definition) is 3. The van der Waals surface area contributed by atoms with Crippen molar-refractivity contribution in [3.63, 3.8) is 0 Å². The predicted octanol–water partition coefficient (Wildman–Crippen LogP) is 4.27. The first kappa shape index (κ1) is 18.7. The molecule has 150 valence electrons. The van der Waals surface area contributed by atoms with Crippen LogP contribution in [0.25, 0.3) is 21.8 Å². The fourth-order valence-corrected chi connectivity index (χ4v) is 4.77. The molecule has 5 rings (SSSR count). The third kappa shape index (κ3) is 3.68. The lowest BCUT2D eigenvalue weighted by Crippen LogP contribution is -2.47. The number of benzene rings is 2. The molecule has 0 aliphatic carbocycles. The molecular formula is C23H25BrN4O. The first-order valence-electron chi connectivity index (χ1n) is 10.1. The zero-order valence-electron chi connectivity index (χ0n) is 16.3. The van der Waals surface area contributed by atoms with E-state index in [0.717, 1.165) is 54.7 Å². The van der Waals surface area contributed by atoms with E-state index in [1.54, 1.807) is 0 Å². The highest BCUT2D eigenvalue weighted by atomic mass is 79.9. The van der Waals surface area contributed by atoms with Gasteiger partial charge in [0.05, 0.1) is 6.61 Å². The van der Waals surface area contributed by atoms with Crippen molar-refractivity contribution in [2.45, 2.75) is 13.0 Å². The summed E-state index contributed by atoms with van der Waals surface area (Å²) in [7, 11) is 0. The maximum absolute atomic E-state index is 9.61. The van der Waals surface area contributed by atoms with Crippen LogP contribution in [0.3, 0.4) is 0 Å². The molecule has 3 heterocycles. The van der Waals surface area contributed by atoms with Crippen LogP contribution >= 0.6 is 15.9 Å². The third-order valence-electron chi connectivity index (χ3n) is 6.03. The number of rotatable bonds is 5. The summed E-state index contributed by atoms with van der Waals surface area (Å²) in [6, 6.07) is 12.7. The van der Waals surface area contributed by atoms with Crippen LogP contribution in [0.5, 0.6) is 0 Å². The molecule has 0 bridgehead atoms. The van der Waals surface area contributed by atoms with Crippen LogP contribution in [0, 0.1) is 0 Å². The lowest BCUT2D eigenvalue weighted by atomic mass is 10.1. The monoisotopic (exact) mass is 452 g/mol. The normalized spacial score (nSPS) is 15.6. The van der Waals surface area contributed by atoms with Crippen molar-refractivity contribution in [1.82, 2.24) is 14.9 Å². The molecule has 2 aromatic carbocycles. The van der Waals surface area contributed by atoms with E-state index >= 15 is 0 Å². The Labute approximate surface area is 178 Å². The number of halogens is 1. The Morgan fingerprint density at radius 3 is 2.62 bits per heavy atom. The van der Waals surface area contributed by atoms with Gasteiger partial charge in [0, 0.05) is 77.1 Å². The van der Waals surface area contributed by atoms with Crippen LogP contribution in [0.1, 0.15) is 11.1 Å². The molecule has 1 fully saturated rings. The molecular weight excluding hydrogens is 428 g/mol. The lowest BCUT2D eigenvalue weighted by Gasteiger charge is -2.36. The number of hydrogen-bond acceptors (Lipinski definition) is 3.